The van der Waals surface area contributed by atoms with Gasteiger partial charge in [-0.15, -0.1) is 12.4 Å². The number of nitrogens with zero attached hydrogens (tertiary/aromatic N) is 1. The second-order valence-electron chi connectivity index (χ2n) is 6.44. The molecule has 0 aromatic heterocycles. The molecule has 0 atom stereocenters. The first-order chi connectivity index (χ1) is 8.65. The quantitative estimate of drug-likeness (QED) is 0.815. The third-order valence-corrected chi connectivity index (χ3v) is 4.18. The molecule has 4 heteroatoms. The molecule has 112 valence electrons. The molecule has 0 bridgehead atoms. The Balaban J connectivity index is 0.00000180. The Morgan fingerprint density at radius 2 is 1.84 bits per heavy atom. The fourth-order valence-electron chi connectivity index (χ4n) is 2.56. The Labute approximate surface area is 123 Å². The van der Waals surface area contributed by atoms with Crippen molar-refractivity contribution in [2.45, 2.75) is 58.4 Å². The summed E-state index contributed by atoms with van der Waals surface area (Å²) in [5, 5.41) is 3.66. The molecule has 1 aliphatic heterocycles. The normalized spacial score (nSPS) is 20.5. The van der Waals surface area contributed by atoms with Crippen LogP contribution in [0.4, 0.5) is 0 Å². The Morgan fingerprint density at radius 1 is 1.21 bits per heavy atom. The van der Waals surface area contributed by atoms with Crippen LogP contribution in [0.2, 0.25) is 0 Å². The molecule has 2 aliphatic rings. The van der Waals surface area contributed by atoms with Crippen LogP contribution in [0, 0.1) is 11.8 Å². The van der Waals surface area contributed by atoms with Crippen molar-refractivity contribution in [1.82, 2.24) is 10.2 Å². The summed E-state index contributed by atoms with van der Waals surface area (Å²) in [6.07, 6.45) is 6.87. The van der Waals surface area contributed by atoms with E-state index in [2.05, 4.69) is 24.1 Å². The van der Waals surface area contributed by atoms with Crippen LogP contribution < -0.4 is 5.32 Å². The molecule has 0 aromatic carbocycles. The van der Waals surface area contributed by atoms with Gasteiger partial charge in [-0.2, -0.15) is 0 Å². The van der Waals surface area contributed by atoms with Crippen LogP contribution >= 0.6 is 12.4 Å². The molecular weight excluding hydrogens is 260 g/mol. The van der Waals surface area contributed by atoms with Crippen molar-refractivity contribution in [2.75, 3.05) is 19.6 Å². The number of hydrogen-bond acceptors (Lipinski definition) is 2. The van der Waals surface area contributed by atoms with E-state index in [-0.39, 0.29) is 12.4 Å². The van der Waals surface area contributed by atoms with Crippen LogP contribution in [0.25, 0.3) is 0 Å². The summed E-state index contributed by atoms with van der Waals surface area (Å²) in [7, 11) is 0. The van der Waals surface area contributed by atoms with Crippen molar-refractivity contribution in [1.29, 1.82) is 0 Å². The number of hydrogen-bond donors (Lipinski definition) is 1. The van der Waals surface area contributed by atoms with Gasteiger partial charge in [-0.25, -0.2) is 0 Å². The zero-order valence-electron chi connectivity index (χ0n) is 12.4. The highest BCUT2D eigenvalue weighted by Gasteiger charge is 2.25. The fourth-order valence-corrected chi connectivity index (χ4v) is 2.56. The maximum atomic E-state index is 12.0. The van der Waals surface area contributed by atoms with E-state index in [9.17, 15) is 4.79 Å². The first-order valence-electron chi connectivity index (χ1n) is 7.66. The topological polar surface area (TPSA) is 32.3 Å². The molecule has 1 saturated heterocycles. The standard InChI is InChI=1S/C15H28N2O.ClH/c1-12(2)3-6-15(18)17-9-7-14(8-10-17)16-11-13-4-5-13;/h12-14,16H,3-11H2,1-2H3;1H. The maximum absolute atomic E-state index is 12.0. The third-order valence-electron chi connectivity index (χ3n) is 4.18. The predicted molar refractivity (Wildman–Crippen MR) is 81.6 cm³/mol. The number of carbonyl (C=O) groups excluding carboxylic acids is 1. The van der Waals surface area contributed by atoms with Gasteiger partial charge in [-0.1, -0.05) is 13.8 Å². The molecule has 1 N–H and O–H groups in total. The van der Waals surface area contributed by atoms with Gasteiger partial charge in [0.15, 0.2) is 0 Å². The minimum atomic E-state index is 0. The Bertz CT molecular complexity index is 271. The number of amides is 1. The minimum Gasteiger partial charge on any atom is -0.343 e. The smallest absolute Gasteiger partial charge is 0.222 e. The van der Waals surface area contributed by atoms with Gasteiger partial charge in [-0.3, -0.25) is 4.79 Å². The Kier molecular flexibility index (Phi) is 7.16. The van der Waals surface area contributed by atoms with Gasteiger partial charge >= 0.3 is 0 Å². The third kappa shape index (κ3) is 6.13. The average molecular weight is 289 g/mol. The summed E-state index contributed by atoms with van der Waals surface area (Å²) >= 11 is 0. The van der Waals surface area contributed by atoms with Crippen LogP contribution in [0.1, 0.15) is 52.4 Å². The molecule has 1 heterocycles. The molecule has 0 aromatic rings. The van der Waals surface area contributed by atoms with E-state index in [1.54, 1.807) is 0 Å². The molecule has 0 radical (unpaired) electrons. The highest BCUT2D eigenvalue weighted by atomic mass is 35.5. The van der Waals surface area contributed by atoms with Crippen LogP contribution in [-0.2, 0) is 4.79 Å². The van der Waals surface area contributed by atoms with E-state index < -0.39 is 0 Å². The van der Waals surface area contributed by atoms with Crippen LogP contribution in [0.15, 0.2) is 0 Å². The van der Waals surface area contributed by atoms with Crippen molar-refractivity contribution < 1.29 is 4.79 Å². The van der Waals surface area contributed by atoms with Crippen LogP contribution in [-0.4, -0.2) is 36.5 Å². The van der Waals surface area contributed by atoms with Gasteiger partial charge in [0.2, 0.25) is 5.91 Å². The largest absolute Gasteiger partial charge is 0.343 e. The van der Waals surface area contributed by atoms with Crippen LogP contribution in [0.3, 0.4) is 0 Å². The average Bonchev–Trinajstić information content (AvgIpc) is 3.18. The lowest BCUT2D eigenvalue weighted by Gasteiger charge is -2.32. The lowest BCUT2D eigenvalue weighted by Crippen LogP contribution is -2.45. The minimum absolute atomic E-state index is 0. The summed E-state index contributed by atoms with van der Waals surface area (Å²) in [5.74, 6) is 1.95. The molecule has 0 spiro atoms. The van der Waals surface area contributed by atoms with Gasteiger partial charge in [-0.05, 0) is 50.5 Å². The highest BCUT2D eigenvalue weighted by Crippen LogP contribution is 2.28. The maximum Gasteiger partial charge on any atom is 0.222 e. The number of halogens is 1. The van der Waals surface area contributed by atoms with Crippen molar-refractivity contribution >= 4 is 18.3 Å². The zero-order valence-corrected chi connectivity index (χ0v) is 13.2. The monoisotopic (exact) mass is 288 g/mol. The van der Waals surface area contributed by atoms with Crippen molar-refractivity contribution in [3.05, 3.63) is 0 Å². The fraction of sp³-hybridized carbons (Fsp3) is 0.933. The van der Waals surface area contributed by atoms with E-state index in [1.165, 1.54) is 19.4 Å². The van der Waals surface area contributed by atoms with E-state index in [0.29, 0.717) is 17.9 Å². The predicted octanol–water partition coefficient (Wildman–Crippen LogP) is 2.84. The van der Waals surface area contributed by atoms with Gasteiger partial charge in [0.05, 0.1) is 0 Å². The lowest BCUT2D eigenvalue weighted by atomic mass is 10.0. The molecule has 2 fully saturated rings. The Morgan fingerprint density at radius 3 is 2.37 bits per heavy atom. The molecule has 1 saturated carbocycles. The van der Waals surface area contributed by atoms with Crippen LogP contribution in [0.5, 0.6) is 0 Å². The SMILES string of the molecule is CC(C)CCC(=O)N1CCC(NCC2CC2)CC1.Cl. The molecule has 3 nitrogen and oxygen atoms in total. The molecule has 1 amide bonds. The van der Waals surface area contributed by atoms with Gasteiger partial charge in [0.1, 0.15) is 0 Å². The molecule has 19 heavy (non-hydrogen) atoms. The summed E-state index contributed by atoms with van der Waals surface area (Å²) in [6.45, 7) is 7.48. The van der Waals surface area contributed by atoms with Gasteiger partial charge in [0.25, 0.3) is 0 Å². The number of rotatable bonds is 6. The summed E-state index contributed by atoms with van der Waals surface area (Å²) < 4.78 is 0. The van der Waals surface area contributed by atoms with E-state index in [0.717, 1.165) is 44.7 Å². The summed E-state index contributed by atoms with van der Waals surface area (Å²) in [4.78, 5) is 14.1. The molecule has 0 unspecified atom stereocenters. The number of piperidine rings is 1. The van der Waals surface area contributed by atoms with Gasteiger partial charge in [0, 0.05) is 25.6 Å². The second-order valence-corrected chi connectivity index (χ2v) is 6.44. The summed E-state index contributed by atoms with van der Waals surface area (Å²) in [5.41, 5.74) is 0. The molecule has 1 aliphatic carbocycles. The van der Waals surface area contributed by atoms with E-state index >= 15 is 0 Å². The number of nitrogens with one attached hydrogen (secondary N) is 1. The van der Waals surface area contributed by atoms with Crippen molar-refractivity contribution in [3.63, 3.8) is 0 Å². The number of carbonyl (C=O) groups is 1. The second kappa shape index (κ2) is 8.11. The van der Waals surface area contributed by atoms with E-state index in [1.807, 2.05) is 0 Å². The lowest BCUT2D eigenvalue weighted by molar-refractivity contribution is -0.132. The zero-order chi connectivity index (χ0) is 13.0. The van der Waals surface area contributed by atoms with E-state index in [4.69, 9.17) is 0 Å². The van der Waals surface area contributed by atoms with Crippen molar-refractivity contribution in [3.8, 4) is 0 Å². The first kappa shape index (κ1) is 16.8. The Hall–Kier alpha value is -0.280. The highest BCUT2D eigenvalue weighted by molar-refractivity contribution is 5.85. The first-order valence-corrected chi connectivity index (χ1v) is 7.66. The summed E-state index contributed by atoms with van der Waals surface area (Å²) in [6, 6.07) is 0.653. The number of likely N-dealkylation sites (tertiary alicyclic amines) is 1. The van der Waals surface area contributed by atoms with Gasteiger partial charge < -0.3 is 10.2 Å². The molecule has 2 rings (SSSR count). The molecular formula is C15H29ClN2O. The van der Waals surface area contributed by atoms with Crippen molar-refractivity contribution in [2.24, 2.45) is 11.8 Å².